The van der Waals surface area contributed by atoms with Crippen LogP contribution in [0, 0.1) is 74.1 Å². The second-order valence-electron chi connectivity index (χ2n) is 4.61. The third-order valence-corrected chi connectivity index (χ3v) is 1.83. The van der Waals surface area contributed by atoms with Gasteiger partial charge in [0.15, 0.2) is 6.67 Å². The third kappa shape index (κ3) is 119. The summed E-state index contributed by atoms with van der Waals surface area (Å²) in [7, 11) is 1.57. The molecule has 0 unspecified atom stereocenters. The lowest BCUT2D eigenvalue weighted by Gasteiger charge is -1.99. The number of alkyl halides is 3. The molecule has 0 aliphatic heterocycles. The number of terminal acetylenes is 6. The summed E-state index contributed by atoms with van der Waals surface area (Å²) in [4.78, 5) is 19.1. The Morgan fingerprint density at radius 2 is 1.29 bits per heavy atom. The second kappa shape index (κ2) is 57.3. The van der Waals surface area contributed by atoms with E-state index in [1.54, 1.807) is 19.0 Å². The first kappa shape index (κ1) is 44.9. The summed E-state index contributed by atoms with van der Waals surface area (Å²) in [5.41, 5.74) is 0. The van der Waals surface area contributed by atoms with E-state index in [9.17, 15) is 22.8 Å². The number of aliphatic hydroxyl groups is 1. The molecule has 0 saturated carbocycles. The highest BCUT2D eigenvalue weighted by molar-refractivity contribution is 5.95. The molecule has 0 saturated heterocycles. The summed E-state index contributed by atoms with van der Waals surface area (Å²) in [6, 6.07) is 0. The zero-order valence-corrected chi connectivity index (χ0v) is 20.2. The van der Waals surface area contributed by atoms with E-state index in [0.717, 1.165) is 0 Å². The number of Topliss-reactive ketones (excluding diaryl/α,β-unsaturated/α-hetero) is 2. The Kier molecular flexibility index (Phi) is 73.6. The zero-order chi connectivity index (χ0) is 28.6. The van der Waals surface area contributed by atoms with E-state index in [2.05, 4.69) is 41.8 Å². The van der Waals surface area contributed by atoms with Crippen LogP contribution in [0.15, 0.2) is 0 Å². The van der Waals surface area contributed by atoms with E-state index >= 15 is 0 Å². The first-order valence-electron chi connectivity index (χ1n) is 9.38. The first-order valence-corrected chi connectivity index (χ1v) is 9.38. The maximum atomic E-state index is 11.4. The van der Waals surface area contributed by atoms with Gasteiger partial charge in [-0.3, -0.25) is 9.59 Å². The Bertz CT molecular complexity index is 680. The van der Waals surface area contributed by atoms with Gasteiger partial charge in [-0.2, -0.15) is 0 Å². The molecule has 0 bridgehead atoms. The number of rotatable bonds is 9. The van der Waals surface area contributed by atoms with Gasteiger partial charge in [-0.05, 0) is 11.8 Å². The molecule has 0 heterocycles. The average Bonchev–Trinajstić information content (AvgIpc) is 2.88. The highest BCUT2D eigenvalue weighted by Gasteiger charge is 1.87. The number of halogens is 3. The van der Waals surface area contributed by atoms with Crippen molar-refractivity contribution in [2.75, 3.05) is 66.8 Å². The van der Waals surface area contributed by atoms with E-state index in [1.165, 1.54) is 6.92 Å². The summed E-state index contributed by atoms with van der Waals surface area (Å²) < 4.78 is 46.8. The number of carbonyl (C=O) groups excluding carboxylic acids is 2. The predicted molar refractivity (Wildman–Crippen MR) is 132 cm³/mol. The van der Waals surface area contributed by atoms with Crippen molar-refractivity contribution in [3.63, 3.8) is 0 Å². The minimum absolute atomic E-state index is 0.108. The minimum Gasteiger partial charge on any atom is -0.395 e. The Morgan fingerprint density at radius 1 is 0.800 bits per heavy atom. The second-order valence-corrected chi connectivity index (χ2v) is 4.61. The monoisotopic (exact) mass is 492 g/mol. The summed E-state index contributed by atoms with van der Waals surface area (Å²) in [5, 5.41) is 7.92. The number of ether oxygens (including phenoxy) is 3. The van der Waals surface area contributed by atoms with Gasteiger partial charge in [0.1, 0.15) is 26.6 Å². The SMILES string of the molecule is C#CC(=O)C[18F].C#CCOCCOCC[18F].C#CCO[11CH3].C#CC[18F].C#C[11CH2]CO.C#C[11C](C)=O. The van der Waals surface area contributed by atoms with Gasteiger partial charge in [-0.15, -0.1) is 44.5 Å². The fourth-order valence-electron chi connectivity index (χ4n) is 0.592. The molecule has 0 spiro atoms. The summed E-state index contributed by atoms with van der Waals surface area (Å²) in [5.74, 6) is 11.1. The lowest BCUT2D eigenvalue weighted by atomic mass is 9.93. The van der Waals surface area contributed by atoms with Crippen molar-refractivity contribution in [1.29, 1.82) is 0 Å². The van der Waals surface area contributed by atoms with Crippen molar-refractivity contribution in [2.45, 2.75) is 13.3 Å². The van der Waals surface area contributed by atoms with Gasteiger partial charge in [0.25, 0.3) is 0 Å². The van der Waals surface area contributed by atoms with Crippen LogP contribution in [-0.4, -0.2) is 83.4 Å². The van der Waals surface area contributed by atoms with Crippen LogP contribution in [0.1, 0.15) is 13.3 Å². The van der Waals surface area contributed by atoms with Crippen LogP contribution in [0.4, 0.5) is 13.2 Å². The van der Waals surface area contributed by atoms with Crippen molar-refractivity contribution in [3.8, 4) is 74.1 Å². The molecule has 0 amide bonds. The molecule has 0 fully saturated rings. The Morgan fingerprint density at radius 3 is 1.46 bits per heavy atom. The molecular formula is C26H33F3O6. The normalized spacial score (nSPS) is 6.97. The van der Waals surface area contributed by atoms with Gasteiger partial charge in [0.2, 0.25) is 11.6 Å². The topological polar surface area (TPSA) is 82.1 Å². The molecule has 0 radical (unpaired) electrons. The van der Waals surface area contributed by atoms with Crippen LogP contribution in [0.2, 0.25) is 0 Å². The van der Waals surface area contributed by atoms with Gasteiger partial charge in [0, 0.05) is 20.5 Å². The van der Waals surface area contributed by atoms with E-state index < -0.39 is 25.8 Å². The average molecular weight is 493 g/mol. The van der Waals surface area contributed by atoms with Crippen molar-refractivity contribution >= 4 is 11.6 Å². The lowest BCUT2D eigenvalue weighted by molar-refractivity contribution is -0.114. The molecular weight excluding hydrogens is 459 g/mol. The highest BCUT2D eigenvalue weighted by atomic mass is 18.2. The molecule has 0 rings (SSSR count). The maximum absolute atomic E-state index is 11.4. The summed E-state index contributed by atoms with van der Waals surface area (Å²) >= 11 is 0. The molecule has 35 heavy (non-hydrogen) atoms. The summed E-state index contributed by atoms with van der Waals surface area (Å²) in [6.45, 7) is 0.996. The maximum Gasteiger partial charge on any atom is 0.236 e. The van der Waals surface area contributed by atoms with Crippen LogP contribution >= 0.6 is 0 Å². The lowest BCUT2D eigenvalue weighted by Crippen LogP contribution is -2.05. The Labute approximate surface area is 208 Å². The standard InChI is InChI=1S/C7H11FO2.C4H3FO.C4H6O.C4H4O.C4H6O.C3H3F/c1-2-4-9-6-7-10-5-3-8;1-2-4(6)3-5;1-3-4-5-2;1-3-4(2)5;1-2-3-4-5;1-2-3-4/h1H,3-7H2;1H,3H2;1H,4H2,2H3;1H,2H3;1,5H,3-4H2;1H,3H2/i8-1;5-1;2-1;4-1;3-1;4-1. The van der Waals surface area contributed by atoms with Crippen molar-refractivity contribution in [2.24, 2.45) is 0 Å². The van der Waals surface area contributed by atoms with Crippen LogP contribution in [-0.2, 0) is 23.8 Å². The highest BCUT2D eigenvalue weighted by Crippen LogP contribution is 1.78. The number of methoxy groups -OCH3 is 1. The molecule has 0 aromatic heterocycles. The third-order valence-electron chi connectivity index (χ3n) is 1.83. The fraction of sp³-hybridized carbons (Fsp3) is 0.462. The van der Waals surface area contributed by atoms with Gasteiger partial charge in [0.05, 0.1) is 26.4 Å². The van der Waals surface area contributed by atoms with E-state index in [0.29, 0.717) is 32.8 Å². The molecule has 194 valence electrons. The van der Waals surface area contributed by atoms with E-state index in [-0.39, 0.29) is 19.0 Å². The molecule has 0 atom stereocenters. The van der Waals surface area contributed by atoms with Crippen LogP contribution in [0.25, 0.3) is 0 Å². The molecule has 0 aromatic carbocycles. The molecule has 0 aromatic rings. The summed E-state index contributed by atoms with van der Waals surface area (Å²) in [6.07, 6.45) is 28.3. The van der Waals surface area contributed by atoms with Crippen molar-refractivity contribution < 1.29 is 42.1 Å². The Balaban J connectivity index is -0.0000000746. The molecule has 0 aliphatic rings. The fourth-order valence-corrected chi connectivity index (χ4v) is 0.592. The van der Waals surface area contributed by atoms with Crippen molar-refractivity contribution in [1.82, 2.24) is 0 Å². The number of hydrogen-bond acceptors (Lipinski definition) is 6. The van der Waals surface area contributed by atoms with Crippen LogP contribution < -0.4 is 0 Å². The Hall–Kier alpha value is -3.67. The minimum atomic E-state index is -1.05. The zero-order valence-electron chi connectivity index (χ0n) is 20.2. The van der Waals surface area contributed by atoms with Gasteiger partial charge in [-0.25, -0.2) is 13.2 Å². The number of hydrogen-bond donors (Lipinski definition) is 1. The molecule has 6 nitrogen and oxygen atoms in total. The van der Waals surface area contributed by atoms with E-state index in [1.807, 2.05) is 5.92 Å². The quantitative estimate of drug-likeness (QED) is 0.301. The van der Waals surface area contributed by atoms with Gasteiger partial charge in [-0.1, -0.05) is 17.8 Å². The van der Waals surface area contributed by atoms with E-state index in [4.69, 9.17) is 33.9 Å². The number of carbonyl (C=O) groups is 2. The first-order chi connectivity index (χ1) is 16.7. The molecule has 1 N–H and O–H groups in total. The molecule has 9 heteroatoms. The molecule has 0 aliphatic carbocycles. The van der Waals surface area contributed by atoms with Crippen LogP contribution in [0.5, 0.6) is 0 Å². The van der Waals surface area contributed by atoms with Crippen LogP contribution in [0.3, 0.4) is 0 Å². The number of ketones is 2. The predicted octanol–water partition coefficient (Wildman–Crippen LogP) is 1.85. The largest absolute Gasteiger partial charge is 0.395 e. The van der Waals surface area contributed by atoms with Gasteiger partial charge < -0.3 is 19.3 Å². The van der Waals surface area contributed by atoms with Crippen molar-refractivity contribution in [3.05, 3.63) is 0 Å². The number of aliphatic hydroxyl groups excluding tert-OH is 1. The van der Waals surface area contributed by atoms with Gasteiger partial charge >= 0.3 is 0 Å². The smallest absolute Gasteiger partial charge is 0.236 e.